The van der Waals surface area contributed by atoms with Gasteiger partial charge in [-0.2, -0.15) is 0 Å². The quantitative estimate of drug-likeness (QED) is 0.657. The fraction of sp³-hybridized carbons (Fsp3) is 0.308. The molecule has 80 valence electrons. The highest BCUT2D eigenvalue weighted by atomic mass is 16.3. The molecule has 2 heteroatoms. The predicted molar refractivity (Wildman–Crippen MR) is 63.0 cm³/mol. The third kappa shape index (κ3) is 3.58. The molecule has 0 spiro atoms. The van der Waals surface area contributed by atoms with Crippen LogP contribution in [0.25, 0.3) is 11.0 Å². The first-order valence-electron chi connectivity index (χ1n) is 5.08. The van der Waals surface area contributed by atoms with Gasteiger partial charge in [-0.25, -0.2) is 0 Å². The Balaban J connectivity index is 0.000000245. The highest BCUT2D eigenvalue weighted by Gasteiger charge is 1.95. The van der Waals surface area contributed by atoms with Crippen LogP contribution in [0.15, 0.2) is 45.8 Å². The van der Waals surface area contributed by atoms with Crippen LogP contribution in [0, 0.1) is 5.92 Å². The normalized spacial score (nSPS) is 9.87. The smallest absolute Gasteiger partial charge is 0.192 e. The molecule has 15 heavy (non-hydrogen) atoms. The van der Waals surface area contributed by atoms with E-state index in [0.29, 0.717) is 11.0 Å². The van der Waals surface area contributed by atoms with Crippen LogP contribution in [0.1, 0.15) is 20.8 Å². The Morgan fingerprint density at radius 1 is 1.07 bits per heavy atom. The van der Waals surface area contributed by atoms with E-state index in [0.717, 1.165) is 5.92 Å². The summed E-state index contributed by atoms with van der Waals surface area (Å²) in [4.78, 5) is 11.1. The van der Waals surface area contributed by atoms with E-state index in [1.807, 2.05) is 12.1 Å². The molecule has 0 radical (unpaired) electrons. The average molecular weight is 204 g/mol. The van der Waals surface area contributed by atoms with Gasteiger partial charge in [0, 0.05) is 6.07 Å². The number of benzene rings is 1. The molecule has 0 saturated carbocycles. The molecule has 0 N–H and O–H groups in total. The second-order valence-electron chi connectivity index (χ2n) is 4.01. The molecule has 0 atom stereocenters. The maximum Gasteiger partial charge on any atom is 0.192 e. The standard InChI is InChI=1S/C9H6O2.C4H10/c10-8-5-6-11-9-4-2-1-3-7(8)9;1-4(2)3/h1-6H;4H,1-3H3. The Morgan fingerprint density at radius 2 is 1.67 bits per heavy atom. The second kappa shape index (κ2) is 5.35. The Kier molecular flexibility index (Phi) is 4.10. The Bertz CT molecular complexity index is 461. The van der Waals surface area contributed by atoms with Crippen molar-refractivity contribution in [1.29, 1.82) is 0 Å². The largest absolute Gasteiger partial charge is 0.464 e. The van der Waals surface area contributed by atoms with Crippen LogP contribution in [0.4, 0.5) is 0 Å². The van der Waals surface area contributed by atoms with Gasteiger partial charge in [-0.15, -0.1) is 0 Å². The number of fused-ring (bicyclic) bond motifs is 1. The van der Waals surface area contributed by atoms with E-state index >= 15 is 0 Å². The van der Waals surface area contributed by atoms with Gasteiger partial charge in [0.1, 0.15) is 5.58 Å². The van der Waals surface area contributed by atoms with Crippen LogP contribution >= 0.6 is 0 Å². The highest BCUT2D eigenvalue weighted by molar-refractivity contribution is 5.75. The van der Waals surface area contributed by atoms with E-state index in [-0.39, 0.29) is 5.43 Å². The lowest BCUT2D eigenvalue weighted by atomic mass is 10.2. The molecule has 0 aliphatic heterocycles. The van der Waals surface area contributed by atoms with Crippen molar-refractivity contribution >= 4 is 11.0 Å². The van der Waals surface area contributed by atoms with Gasteiger partial charge in [0.2, 0.25) is 0 Å². The number of para-hydroxylation sites is 1. The summed E-state index contributed by atoms with van der Waals surface area (Å²) in [6.07, 6.45) is 1.41. The molecular weight excluding hydrogens is 188 g/mol. The lowest BCUT2D eigenvalue weighted by Crippen LogP contribution is -1.96. The van der Waals surface area contributed by atoms with E-state index in [1.165, 1.54) is 12.3 Å². The fourth-order valence-electron chi connectivity index (χ4n) is 1.03. The molecule has 0 fully saturated rings. The molecule has 0 amide bonds. The van der Waals surface area contributed by atoms with Crippen molar-refractivity contribution in [2.45, 2.75) is 20.8 Å². The van der Waals surface area contributed by atoms with E-state index in [4.69, 9.17) is 4.42 Å². The summed E-state index contributed by atoms with van der Waals surface area (Å²) in [6.45, 7) is 6.50. The van der Waals surface area contributed by atoms with Gasteiger partial charge in [0.05, 0.1) is 11.6 Å². The number of hydrogen-bond donors (Lipinski definition) is 0. The summed E-state index contributed by atoms with van der Waals surface area (Å²) in [7, 11) is 0. The molecule has 2 nitrogen and oxygen atoms in total. The van der Waals surface area contributed by atoms with Gasteiger partial charge in [0.25, 0.3) is 0 Å². The lowest BCUT2D eigenvalue weighted by Gasteiger charge is -1.91. The SMILES string of the molecule is CC(C)C.O=c1ccoc2ccccc12. The number of hydrogen-bond acceptors (Lipinski definition) is 2. The Labute approximate surface area is 89.5 Å². The summed E-state index contributed by atoms with van der Waals surface area (Å²) in [5.74, 6) is 0.833. The molecular formula is C13H16O2. The zero-order valence-electron chi connectivity index (χ0n) is 9.36. The fourth-order valence-corrected chi connectivity index (χ4v) is 1.03. The van der Waals surface area contributed by atoms with Crippen molar-refractivity contribution in [1.82, 2.24) is 0 Å². The summed E-state index contributed by atoms with van der Waals surface area (Å²) in [5.41, 5.74) is 0.645. The zero-order valence-corrected chi connectivity index (χ0v) is 9.36. The minimum atomic E-state index is 0.00634. The highest BCUT2D eigenvalue weighted by Crippen LogP contribution is 2.06. The van der Waals surface area contributed by atoms with Gasteiger partial charge in [0.15, 0.2) is 5.43 Å². The van der Waals surface area contributed by atoms with Crippen LogP contribution in [-0.4, -0.2) is 0 Å². The minimum Gasteiger partial charge on any atom is -0.464 e. The molecule has 1 heterocycles. The van der Waals surface area contributed by atoms with E-state index in [2.05, 4.69) is 20.8 Å². The zero-order chi connectivity index (χ0) is 11.3. The Morgan fingerprint density at radius 3 is 2.27 bits per heavy atom. The van der Waals surface area contributed by atoms with Crippen molar-refractivity contribution in [3.05, 3.63) is 46.8 Å². The maximum absolute atomic E-state index is 11.1. The van der Waals surface area contributed by atoms with Crippen molar-refractivity contribution in [3.63, 3.8) is 0 Å². The third-order valence-electron chi connectivity index (χ3n) is 1.57. The molecule has 1 aromatic carbocycles. The van der Waals surface area contributed by atoms with Gasteiger partial charge in [-0.1, -0.05) is 32.9 Å². The van der Waals surface area contributed by atoms with Crippen LogP contribution < -0.4 is 5.43 Å². The van der Waals surface area contributed by atoms with Crippen LogP contribution in [0.3, 0.4) is 0 Å². The lowest BCUT2D eigenvalue weighted by molar-refractivity contribution is 0.602. The monoisotopic (exact) mass is 204 g/mol. The van der Waals surface area contributed by atoms with E-state index in [1.54, 1.807) is 12.1 Å². The average Bonchev–Trinajstić information content (AvgIpc) is 2.18. The van der Waals surface area contributed by atoms with E-state index in [9.17, 15) is 4.79 Å². The second-order valence-corrected chi connectivity index (χ2v) is 4.01. The van der Waals surface area contributed by atoms with Crippen molar-refractivity contribution in [2.24, 2.45) is 5.92 Å². The first kappa shape index (κ1) is 11.5. The topological polar surface area (TPSA) is 30.2 Å². The summed E-state index contributed by atoms with van der Waals surface area (Å²) >= 11 is 0. The molecule has 0 aliphatic rings. The van der Waals surface area contributed by atoms with E-state index < -0.39 is 0 Å². The van der Waals surface area contributed by atoms with Crippen LogP contribution in [0.2, 0.25) is 0 Å². The van der Waals surface area contributed by atoms with Crippen molar-refractivity contribution in [3.8, 4) is 0 Å². The molecule has 0 aliphatic carbocycles. The molecule has 2 aromatic rings. The predicted octanol–water partition coefficient (Wildman–Crippen LogP) is 3.46. The third-order valence-corrected chi connectivity index (χ3v) is 1.57. The molecule has 0 saturated heterocycles. The van der Waals surface area contributed by atoms with Crippen molar-refractivity contribution < 1.29 is 4.42 Å². The maximum atomic E-state index is 11.1. The van der Waals surface area contributed by atoms with Gasteiger partial charge in [-0.05, 0) is 18.1 Å². The van der Waals surface area contributed by atoms with Crippen molar-refractivity contribution in [2.75, 3.05) is 0 Å². The van der Waals surface area contributed by atoms with Crippen LogP contribution in [0.5, 0.6) is 0 Å². The van der Waals surface area contributed by atoms with Crippen LogP contribution in [-0.2, 0) is 0 Å². The summed E-state index contributed by atoms with van der Waals surface area (Å²) < 4.78 is 5.09. The molecule has 0 bridgehead atoms. The van der Waals surface area contributed by atoms with Gasteiger partial charge >= 0.3 is 0 Å². The molecule has 0 unspecified atom stereocenters. The first-order chi connectivity index (χ1) is 7.11. The number of rotatable bonds is 0. The summed E-state index contributed by atoms with van der Waals surface area (Å²) in [6, 6.07) is 8.60. The summed E-state index contributed by atoms with van der Waals surface area (Å²) in [5, 5.41) is 0.634. The van der Waals surface area contributed by atoms with Gasteiger partial charge < -0.3 is 4.42 Å². The van der Waals surface area contributed by atoms with Gasteiger partial charge in [-0.3, -0.25) is 4.79 Å². The Hall–Kier alpha value is -1.57. The first-order valence-corrected chi connectivity index (χ1v) is 5.08. The molecule has 1 aromatic heterocycles. The molecule has 2 rings (SSSR count). The minimum absolute atomic E-state index is 0.00634.